The zero-order valence-corrected chi connectivity index (χ0v) is 9.91. The highest BCUT2D eigenvalue weighted by Gasteiger charge is 2.20. The number of carbonyl (C=O) groups excluding carboxylic acids is 1. The molecule has 2 rings (SSSR count). The van der Waals surface area contributed by atoms with E-state index in [0.717, 1.165) is 24.2 Å². The standard InChI is InChI=1S/C13H16FNO2/c1-2-17-13(16)6-8-15-7-5-10-3-4-11(14)9-12(10)15/h3-4,9H,2,5-8H2,1H3. The Morgan fingerprint density at radius 2 is 2.35 bits per heavy atom. The predicted molar refractivity (Wildman–Crippen MR) is 63.6 cm³/mol. The number of hydrogen-bond donors (Lipinski definition) is 0. The highest BCUT2D eigenvalue weighted by Crippen LogP contribution is 2.28. The van der Waals surface area contributed by atoms with Gasteiger partial charge in [-0.2, -0.15) is 0 Å². The van der Waals surface area contributed by atoms with Crippen molar-refractivity contribution in [2.45, 2.75) is 19.8 Å². The lowest BCUT2D eigenvalue weighted by molar-refractivity contribution is -0.142. The summed E-state index contributed by atoms with van der Waals surface area (Å²) in [6.07, 6.45) is 1.27. The minimum atomic E-state index is -0.230. The Labute approximate surface area is 100 Å². The summed E-state index contributed by atoms with van der Waals surface area (Å²) in [6.45, 7) is 3.63. The highest BCUT2D eigenvalue weighted by molar-refractivity contribution is 5.70. The van der Waals surface area contributed by atoms with Gasteiger partial charge >= 0.3 is 5.97 Å². The number of rotatable bonds is 4. The summed E-state index contributed by atoms with van der Waals surface area (Å²) in [7, 11) is 0. The van der Waals surface area contributed by atoms with E-state index in [9.17, 15) is 9.18 Å². The van der Waals surface area contributed by atoms with Gasteiger partial charge < -0.3 is 9.64 Å². The quantitative estimate of drug-likeness (QED) is 0.751. The molecule has 1 heterocycles. The van der Waals surface area contributed by atoms with Crippen LogP contribution in [0.25, 0.3) is 0 Å². The summed E-state index contributed by atoms with van der Waals surface area (Å²) < 4.78 is 18.0. The van der Waals surface area contributed by atoms with Crippen LogP contribution in [0, 0.1) is 5.82 Å². The molecule has 0 amide bonds. The minimum Gasteiger partial charge on any atom is -0.466 e. The number of anilines is 1. The summed E-state index contributed by atoms with van der Waals surface area (Å²) in [6, 6.07) is 4.83. The normalized spacial score (nSPS) is 13.6. The zero-order chi connectivity index (χ0) is 12.3. The van der Waals surface area contributed by atoms with Crippen molar-refractivity contribution >= 4 is 11.7 Å². The van der Waals surface area contributed by atoms with Gasteiger partial charge in [-0.1, -0.05) is 6.07 Å². The molecule has 0 N–H and O–H groups in total. The van der Waals surface area contributed by atoms with E-state index < -0.39 is 0 Å². The van der Waals surface area contributed by atoms with E-state index >= 15 is 0 Å². The second-order valence-corrected chi connectivity index (χ2v) is 4.07. The topological polar surface area (TPSA) is 29.5 Å². The smallest absolute Gasteiger partial charge is 0.307 e. The average Bonchev–Trinajstić information content (AvgIpc) is 2.69. The lowest BCUT2D eigenvalue weighted by Gasteiger charge is -2.18. The number of halogens is 1. The number of hydrogen-bond acceptors (Lipinski definition) is 3. The third-order valence-electron chi connectivity index (χ3n) is 2.93. The van der Waals surface area contributed by atoms with Gasteiger partial charge in [-0.05, 0) is 31.0 Å². The van der Waals surface area contributed by atoms with E-state index in [4.69, 9.17) is 4.74 Å². The monoisotopic (exact) mass is 237 g/mol. The van der Waals surface area contributed by atoms with Gasteiger partial charge in [0.25, 0.3) is 0 Å². The van der Waals surface area contributed by atoms with Crippen molar-refractivity contribution in [3.8, 4) is 0 Å². The molecule has 0 aliphatic carbocycles. The van der Waals surface area contributed by atoms with Crippen LogP contribution in [-0.4, -0.2) is 25.7 Å². The Kier molecular flexibility index (Phi) is 3.61. The molecule has 17 heavy (non-hydrogen) atoms. The average molecular weight is 237 g/mol. The van der Waals surface area contributed by atoms with Crippen molar-refractivity contribution < 1.29 is 13.9 Å². The summed E-state index contributed by atoms with van der Waals surface area (Å²) in [5.41, 5.74) is 2.06. The predicted octanol–water partition coefficient (Wildman–Crippen LogP) is 2.14. The number of esters is 1. The van der Waals surface area contributed by atoms with Crippen LogP contribution in [0.1, 0.15) is 18.9 Å². The molecule has 0 saturated carbocycles. The molecule has 3 nitrogen and oxygen atoms in total. The van der Waals surface area contributed by atoms with Gasteiger partial charge in [0.1, 0.15) is 5.82 Å². The fourth-order valence-electron chi connectivity index (χ4n) is 2.11. The molecule has 1 aliphatic rings. The number of carbonyl (C=O) groups is 1. The van der Waals surface area contributed by atoms with Crippen LogP contribution in [0.2, 0.25) is 0 Å². The van der Waals surface area contributed by atoms with Crippen molar-refractivity contribution in [1.29, 1.82) is 0 Å². The van der Waals surface area contributed by atoms with Crippen molar-refractivity contribution in [3.05, 3.63) is 29.6 Å². The Balaban J connectivity index is 1.97. The first kappa shape index (κ1) is 11.9. The van der Waals surface area contributed by atoms with E-state index in [-0.39, 0.29) is 11.8 Å². The van der Waals surface area contributed by atoms with Crippen molar-refractivity contribution in [1.82, 2.24) is 0 Å². The Morgan fingerprint density at radius 1 is 1.53 bits per heavy atom. The van der Waals surface area contributed by atoms with Crippen molar-refractivity contribution in [3.63, 3.8) is 0 Å². The van der Waals surface area contributed by atoms with Gasteiger partial charge in [0.05, 0.1) is 13.0 Å². The number of ether oxygens (including phenoxy) is 1. The molecule has 0 fully saturated rings. The third kappa shape index (κ3) is 2.75. The molecule has 0 aromatic heterocycles. The van der Waals surface area contributed by atoms with E-state index in [1.807, 2.05) is 11.0 Å². The molecule has 4 heteroatoms. The minimum absolute atomic E-state index is 0.197. The van der Waals surface area contributed by atoms with Crippen LogP contribution in [0.4, 0.5) is 10.1 Å². The molecule has 0 spiro atoms. The molecule has 0 saturated heterocycles. The van der Waals surface area contributed by atoms with Crippen LogP contribution < -0.4 is 4.90 Å². The summed E-state index contributed by atoms with van der Waals surface area (Å²) >= 11 is 0. The van der Waals surface area contributed by atoms with E-state index in [0.29, 0.717) is 19.6 Å². The first-order valence-corrected chi connectivity index (χ1v) is 5.89. The van der Waals surface area contributed by atoms with Crippen LogP contribution in [0.5, 0.6) is 0 Å². The summed E-state index contributed by atoms with van der Waals surface area (Å²) in [4.78, 5) is 13.3. The molecule has 1 aliphatic heterocycles. The fourth-order valence-corrected chi connectivity index (χ4v) is 2.11. The molecular formula is C13H16FNO2. The molecule has 1 aromatic rings. The first-order chi connectivity index (χ1) is 8.20. The van der Waals surface area contributed by atoms with Gasteiger partial charge in [-0.15, -0.1) is 0 Å². The molecule has 92 valence electrons. The summed E-state index contributed by atoms with van der Waals surface area (Å²) in [5.74, 6) is -0.427. The largest absolute Gasteiger partial charge is 0.466 e. The Morgan fingerprint density at radius 3 is 3.12 bits per heavy atom. The van der Waals surface area contributed by atoms with Gasteiger partial charge in [-0.3, -0.25) is 4.79 Å². The lowest BCUT2D eigenvalue weighted by Crippen LogP contribution is -2.24. The van der Waals surface area contributed by atoms with Crippen LogP contribution >= 0.6 is 0 Å². The van der Waals surface area contributed by atoms with Gasteiger partial charge in [0.2, 0.25) is 0 Å². The fraction of sp³-hybridized carbons (Fsp3) is 0.462. The molecule has 0 unspecified atom stereocenters. The van der Waals surface area contributed by atoms with E-state index in [1.165, 1.54) is 12.1 Å². The van der Waals surface area contributed by atoms with Gasteiger partial charge in [0, 0.05) is 18.8 Å². The second-order valence-electron chi connectivity index (χ2n) is 4.07. The maximum atomic E-state index is 13.1. The van der Waals surface area contributed by atoms with E-state index in [1.54, 1.807) is 6.92 Å². The third-order valence-corrected chi connectivity index (χ3v) is 2.93. The number of nitrogens with zero attached hydrogens (tertiary/aromatic N) is 1. The van der Waals surface area contributed by atoms with Crippen molar-refractivity contribution in [2.75, 3.05) is 24.6 Å². The maximum Gasteiger partial charge on any atom is 0.307 e. The maximum absolute atomic E-state index is 13.1. The van der Waals surface area contributed by atoms with Gasteiger partial charge in [0.15, 0.2) is 0 Å². The van der Waals surface area contributed by atoms with Crippen LogP contribution in [0.3, 0.4) is 0 Å². The van der Waals surface area contributed by atoms with Crippen LogP contribution in [-0.2, 0) is 16.0 Å². The van der Waals surface area contributed by atoms with E-state index in [2.05, 4.69) is 0 Å². The number of fused-ring (bicyclic) bond motifs is 1. The van der Waals surface area contributed by atoms with Gasteiger partial charge in [-0.25, -0.2) is 4.39 Å². The Hall–Kier alpha value is -1.58. The molecule has 0 bridgehead atoms. The van der Waals surface area contributed by atoms with Crippen LogP contribution in [0.15, 0.2) is 18.2 Å². The van der Waals surface area contributed by atoms with Crippen molar-refractivity contribution in [2.24, 2.45) is 0 Å². The zero-order valence-electron chi connectivity index (χ0n) is 9.91. The number of benzene rings is 1. The SMILES string of the molecule is CCOC(=O)CCN1CCc2ccc(F)cc21. The molecule has 1 aromatic carbocycles. The summed E-state index contributed by atoms with van der Waals surface area (Å²) in [5, 5.41) is 0. The molecule has 0 atom stereocenters. The molecule has 0 radical (unpaired) electrons. The lowest BCUT2D eigenvalue weighted by atomic mass is 10.2. The second kappa shape index (κ2) is 5.17. The Bertz CT molecular complexity index is 420. The molecular weight excluding hydrogens is 221 g/mol. The highest BCUT2D eigenvalue weighted by atomic mass is 19.1. The first-order valence-electron chi connectivity index (χ1n) is 5.89.